The first kappa shape index (κ1) is 21.5. The van der Waals surface area contributed by atoms with Gasteiger partial charge in [-0.05, 0) is 31.2 Å². The Balaban J connectivity index is 1.67. The number of aromatic nitrogens is 2. The lowest BCUT2D eigenvalue weighted by Crippen LogP contribution is -2.33. The fourth-order valence-electron chi connectivity index (χ4n) is 3.53. The van der Waals surface area contributed by atoms with Gasteiger partial charge in [0.15, 0.2) is 5.78 Å². The number of hydrogen-bond donors (Lipinski definition) is 1. The Morgan fingerprint density at radius 2 is 1.66 bits per heavy atom. The minimum Gasteiger partial charge on any atom is -0.331 e. The van der Waals surface area contributed by atoms with E-state index in [1.165, 1.54) is 4.90 Å². The molecule has 3 aromatic carbocycles. The molecule has 7 heteroatoms. The summed E-state index contributed by atoms with van der Waals surface area (Å²) in [5, 5.41) is 0.893. The van der Waals surface area contributed by atoms with Crippen LogP contribution in [0.25, 0.3) is 10.9 Å². The van der Waals surface area contributed by atoms with Gasteiger partial charge in [-0.3, -0.25) is 14.4 Å². The van der Waals surface area contributed by atoms with Gasteiger partial charge in [0.1, 0.15) is 5.82 Å². The highest BCUT2D eigenvalue weighted by molar-refractivity contribution is 6.31. The molecule has 0 saturated carbocycles. The van der Waals surface area contributed by atoms with E-state index in [-0.39, 0.29) is 23.8 Å². The number of hydrogen-bond acceptors (Lipinski definition) is 4. The number of fused-ring (bicyclic) bond motifs is 1. The first-order valence-electron chi connectivity index (χ1n) is 10.1. The van der Waals surface area contributed by atoms with E-state index < -0.39 is 0 Å². The molecule has 160 valence electrons. The molecule has 0 aliphatic carbocycles. The van der Waals surface area contributed by atoms with Crippen LogP contribution in [0.15, 0.2) is 77.6 Å². The predicted octanol–water partition coefficient (Wildman–Crippen LogP) is 4.47. The third-order valence-corrected chi connectivity index (χ3v) is 5.40. The van der Waals surface area contributed by atoms with Crippen LogP contribution in [0, 0.1) is 0 Å². The van der Waals surface area contributed by atoms with E-state index in [0.717, 1.165) is 0 Å². The third kappa shape index (κ3) is 4.31. The van der Waals surface area contributed by atoms with E-state index in [1.807, 2.05) is 13.0 Å². The monoisotopic (exact) mass is 445 g/mol. The van der Waals surface area contributed by atoms with Gasteiger partial charge in [-0.25, -0.2) is 4.98 Å². The topological polar surface area (TPSA) is 83.1 Å². The molecule has 6 nitrogen and oxygen atoms in total. The fraction of sp³-hybridized carbons (Fsp3) is 0.120. The predicted molar refractivity (Wildman–Crippen MR) is 124 cm³/mol. The number of carbonyl (C=O) groups excluding carboxylic acids is 2. The van der Waals surface area contributed by atoms with E-state index in [9.17, 15) is 14.4 Å². The maximum absolute atomic E-state index is 13.4. The Hall–Kier alpha value is -3.77. The van der Waals surface area contributed by atoms with Crippen LogP contribution in [0.4, 0.5) is 0 Å². The normalized spacial score (nSPS) is 10.8. The molecule has 32 heavy (non-hydrogen) atoms. The zero-order valence-electron chi connectivity index (χ0n) is 17.3. The van der Waals surface area contributed by atoms with Crippen LogP contribution in [0.5, 0.6) is 0 Å². The lowest BCUT2D eigenvalue weighted by atomic mass is 9.97. The lowest BCUT2D eigenvalue weighted by Gasteiger charge is -2.21. The summed E-state index contributed by atoms with van der Waals surface area (Å²) in [7, 11) is 0. The van der Waals surface area contributed by atoms with Gasteiger partial charge >= 0.3 is 0 Å². The molecule has 0 spiro atoms. The molecular formula is C25H20ClN3O3. The Kier molecular flexibility index (Phi) is 6.14. The highest BCUT2D eigenvalue weighted by Gasteiger charge is 2.22. The summed E-state index contributed by atoms with van der Waals surface area (Å²) < 4.78 is 0. The molecule has 1 N–H and O–H groups in total. The Labute approximate surface area is 189 Å². The summed E-state index contributed by atoms with van der Waals surface area (Å²) in [6.07, 6.45) is 0. The van der Waals surface area contributed by atoms with Gasteiger partial charge in [0, 0.05) is 22.7 Å². The van der Waals surface area contributed by atoms with Crippen LogP contribution >= 0.6 is 11.6 Å². The second-order valence-electron chi connectivity index (χ2n) is 7.23. The van der Waals surface area contributed by atoms with Crippen molar-refractivity contribution < 1.29 is 9.59 Å². The molecule has 1 aromatic heterocycles. The number of carbonyl (C=O) groups is 2. The van der Waals surface area contributed by atoms with Gasteiger partial charge in [-0.1, -0.05) is 60.1 Å². The zero-order valence-corrected chi connectivity index (χ0v) is 18.1. The van der Waals surface area contributed by atoms with Crippen molar-refractivity contribution in [1.29, 1.82) is 0 Å². The van der Waals surface area contributed by atoms with Crippen LogP contribution in [-0.4, -0.2) is 33.1 Å². The van der Waals surface area contributed by atoms with E-state index in [4.69, 9.17) is 11.6 Å². The lowest BCUT2D eigenvalue weighted by molar-refractivity contribution is 0.0744. The van der Waals surface area contributed by atoms with Gasteiger partial charge in [0.05, 0.1) is 23.0 Å². The van der Waals surface area contributed by atoms with Crippen molar-refractivity contribution in [2.75, 3.05) is 6.54 Å². The fourth-order valence-corrected chi connectivity index (χ4v) is 3.69. The standard InChI is InChI=1S/C25H20ClN3O3/c1-2-29(15-22-27-21-14-17(26)12-13-20(21)24(31)28-22)25(32)19-11-7-6-10-18(19)23(30)16-8-4-3-5-9-16/h3-14H,2,15H2,1H3,(H,27,28,31). The second-order valence-corrected chi connectivity index (χ2v) is 7.67. The van der Waals surface area contributed by atoms with Crippen LogP contribution in [0.2, 0.25) is 5.02 Å². The average molecular weight is 446 g/mol. The van der Waals surface area contributed by atoms with Gasteiger partial charge < -0.3 is 9.88 Å². The van der Waals surface area contributed by atoms with Crippen LogP contribution in [0.3, 0.4) is 0 Å². The molecule has 0 bridgehead atoms. The summed E-state index contributed by atoms with van der Waals surface area (Å²) in [6.45, 7) is 2.28. The van der Waals surface area contributed by atoms with Crippen LogP contribution in [-0.2, 0) is 6.54 Å². The van der Waals surface area contributed by atoms with Crippen molar-refractivity contribution in [3.63, 3.8) is 0 Å². The highest BCUT2D eigenvalue weighted by atomic mass is 35.5. The largest absolute Gasteiger partial charge is 0.331 e. The van der Waals surface area contributed by atoms with Gasteiger partial charge in [-0.15, -0.1) is 0 Å². The molecule has 0 aliphatic rings. The summed E-state index contributed by atoms with van der Waals surface area (Å²) in [6, 6.07) is 20.4. The number of halogens is 1. The van der Waals surface area contributed by atoms with Crippen molar-refractivity contribution in [2.24, 2.45) is 0 Å². The minimum absolute atomic E-state index is 0.0842. The summed E-state index contributed by atoms with van der Waals surface area (Å²) in [4.78, 5) is 47.6. The van der Waals surface area contributed by atoms with Crippen molar-refractivity contribution in [3.05, 3.63) is 111 Å². The van der Waals surface area contributed by atoms with Gasteiger partial charge in [-0.2, -0.15) is 0 Å². The molecule has 0 radical (unpaired) electrons. The summed E-state index contributed by atoms with van der Waals surface area (Å²) in [5.74, 6) is -0.203. The first-order valence-corrected chi connectivity index (χ1v) is 10.5. The molecule has 0 saturated heterocycles. The number of nitrogens with zero attached hydrogens (tertiary/aromatic N) is 2. The number of benzene rings is 3. The number of nitrogens with one attached hydrogen (secondary N) is 1. The van der Waals surface area contributed by atoms with Crippen molar-refractivity contribution in [3.8, 4) is 0 Å². The smallest absolute Gasteiger partial charge is 0.258 e. The van der Waals surface area contributed by atoms with Crippen molar-refractivity contribution in [1.82, 2.24) is 14.9 Å². The molecule has 4 aromatic rings. The van der Waals surface area contributed by atoms with E-state index >= 15 is 0 Å². The van der Waals surface area contributed by atoms with Crippen molar-refractivity contribution in [2.45, 2.75) is 13.5 Å². The molecule has 1 heterocycles. The zero-order chi connectivity index (χ0) is 22.7. The Morgan fingerprint density at radius 1 is 0.969 bits per heavy atom. The molecule has 0 unspecified atom stereocenters. The summed E-state index contributed by atoms with van der Waals surface area (Å²) >= 11 is 6.04. The SMILES string of the molecule is CCN(Cc1nc2cc(Cl)ccc2c(=O)[nH]1)C(=O)c1ccccc1C(=O)c1ccccc1. The maximum atomic E-state index is 13.4. The molecule has 4 rings (SSSR count). The molecular weight excluding hydrogens is 426 g/mol. The van der Waals surface area contributed by atoms with E-state index in [0.29, 0.717) is 45.0 Å². The average Bonchev–Trinajstić information content (AvgIpc) is 2.82. The number of ketones is 1. The minimum atomic E-state index is -0.318. The first-order chi connectivity index (χ1) is 15.5. The Bertz CT molecular complexity index is 1370. The van der Waals surface area contributed by atoms with Gasteiger partial charge in [0.2, 0.25) is 0 Å². The summed E-state index contributed by atoms with van der Waals surface area (Å²) in [5.41, 5.74) is 1.29. The molecule has 1 amide bonds. The van der Waals surface area contributed by atoms with Gasteiger partial charge in [0.25, 0.3) is 11.5 Å². The quantitative estimate of drug-likeness (QED) is 0.444. The number of aromatic amines is 1. The number of amides is 1. The van der Waals surface area contributed by atoms with E-state index in [2.05, 4.69) is 9.97 Å². The number of rotatable bonds is 6. The molecule has 0 atom stereocenters. The third-order valence-electron chi connectivity index (χ3n) is 5.17. The van der Waals surface area contributed by atoms with Crippen molar-refractivity contribution >= 4 is 34.2 Å². The number of H-pyrrole nitrogens is 1. The maximum Gasteiger partial charge on any atom is 0.258 e. The van der Waals surface area contributed by atoms with Crippen LogP contribution < -0.4 is 5.56 Å². The highest BCUT2D eigenvalue weighted by Crippen LogP contribution is 2.19. The molecule has 0 aliphatic heterocycles. The second kappa shape index (κ2) is 9.16. The van der Waals surface area contributed by atoms with Crippen LogP contribution in [0.1, 0.15) is 39.0 Å². The molecule has 0 fully saturated rings. The van der Waals surface area contributed by atoms with E-state index in [1.54, 1.807) is 66.7 Å². The Morgan fingerprint density at radius 3 is 2.38 bits per heavy atom.